The molecule has 0 aliphatic rings. The smallest absolute Gasteiger partial charge is 0.103 e. The summed E-state index contributed by atoms with van der Waals surface area (Å²) in [6, 6.07) is 51.9. The molecule has 6 heteroatoms. The fourth-order valence-corrected chi connectivity index (χ4v) is 10.3. The fraction of sp³-hybridized carbons (Fsp3) is 0. The molecule has 0 amide bonds. The molecule has 0 aliphatic heterocycles. The number of thiophene rings is 2. The van der Waals surface area contributed by atoms with Gasteiger partial charge in [-0.2, -0.15) is 10.5 Å². The highest BCUT2D eigenvalue weighted by Gasteiger charge is 2.23. The monoisotopic (exact) mass is 670 g/mol. The summed E-state index contributed by atoms with van der Waals surface area (Å²) in [5, 5.41) is 31.2. The lowest BCUT2D eigenvalue weighted by Gasteiger charge is -2.16. The Morgan fingerprint density at radius 3 is 1.20 bits per heavy atom. The minimum atomic E-state index is 0.359. The topological polar surface area (TPSA) is 57.4 Å². The van der Waals surface area contributed by atoms with Crippen molar-refractivity contribution in [2.75, 3.05) is 0 Å². The largest absolute Gasteiger partial charge is 0.308 e. The van der Waals surface area contributed by atoms with Gasteiger partial charge in [-0.25, -0.2) is 0 Å². The third-order valence-electron chi connectivity index (χ3n) is 10.2. The van der Waals surface area contributed by atoms with E-state index in [1.165, 1.54) is 40.3 Å². The predicted molar refractivity (Wildman–Crippen MR) is 210 cm³/mol. The van der Waals surface area contributed by atoms with Gasteiger partial charge in [0.05, 0.1) is 44.6 Å². The molecule has 0 N–H and O–H groups in total. The Labute approximate surface area is 293 Å². The lowest BCUT2D eigenvalue weighted by Crippen LogP contribution is -2.05. The van der Waals surface area contributed by atoms with Crippen LogP contribution >= 0.6 is 22.7 Å². The van der Waals surface area contributed by atoms with Crippen molar-refractivity contribution in [2.24, 2.45) is 0 Å². The van der Waals surface area contributed by atoms with Crippen LogP contribution in [0.15, 0.2) is 133 Å². The van der Waals surface area contributed by atoms with Crippen LogP contribution in [0.2, 0.25) is 0 Å². The van der Waals surface area contributed by atoms with E-state index in [4.69, 9.17) is 0 Å². The molecule has 11 rings (SSSR count). The van der Waals surface area contributed by atoms with Gasteiger partial charge in [-0.15, -0.1) is 22.7 Å². The minimum Gasteiger partial charge on any atom is -0.308 e. The van der Waals surface area contributed by atoms with E-state index < -0.39 is 0 Å². The van der Waals surface area contributed by atoms with Crippen LogP contribution in [0.5, 0.6) is 0 Å². The van der Waals surface area contributed by atoms with Crippen LogP contribution in [0.4, 0.5) is 0 Å². The molecule has 4 nitrogen and oxygen atoms in total. The zero-order valence-corrected chi connectivity index (χ0v) is 27.9. The number of fused-ring (bicyclic) bond motifs is 12. The first-order valence-electron chi connectivity index (χ1n) is 16.4. The van der Waals surface area contributed by atoms with Crippen LogP contribution in [0.1, 0.15) is 11.1 Å². The van der Waals surface area contributed by atoms with Gasteiger partial charge in [-0.3, -0.25) is 0 Å². The quantitative estimate of drug-likeness (QED) is 0.184. The highest BCUT2D eigenvalue weighted by Crippen LogP contribution is 2.44. The van der Waals surface area contributed by atoms with E-state index in [0.717, 1.165) is 43.6 Å². The van der Waals surface area contributed by atoms with Crippen LogP contribution < -0.4 is 0 Å². The molecule has 0 fully saturated rings. The average Bonchev–Trinajstić information content (AvgIpc) is 3.89. The summed E-state index contributed by atoms with van der Waals surface area (Å²) in [7, 11) is 0. The number of benzene rings is 7. The molecule has 4 aromatic heterocycles. The van der Waals surface area contributed by atoms with Gasteiger partial charge in [-0.05, 0) is 60.7 Å². The Kier molecular flexibility index (Phi) is 5.52. The van der Waals surface area contributed by atoms with Gasteiger partial charge in [0.15, 0.2) is 0 Å². The predicted octanol–water partition coefficient (Wildman–Crippen LogP) is 12.4. The molecule has 0 aliphatic carbocycles. The van der Waals surface area contributed by atoms with Gasteiger partial charge in [0, 0.05) is 61.9 Å². The van der Waals surface area contributed by atoms with Crippen LogP contribution in [-0.2, 0) is 0 Å². The van der Waals surface area contributed by atoms with Crippen LogP contribution in [0, 0.1) is 22.7 Å². The summed E-state index contributed by atoms with van der Waals surface area (Å²) in [6.07, 6.45) is 0. The van der Waals surface area contributed by atoms with Gasteiger partial charge in [0.1, 0.15) is 12.1 Å². The maximum atomic E-state index is 10.9. The highest BCUT2D eigenvalue weighted by molar-refractivity contribution is 7.26. The molecule has 4 heterocycles. The molecule has 0 saturated carbocycles. The number of rotatable bonds is 2. The Morgan fingerprint density at radius 2 is 0.760 bits per heavy atom. The van der Waals surface area contributed by atoms with Crippen molar-refractivity contribution in [1.82, 2.24) is 9.13 Å². The highest BCUT2D eigenvalue weighted by atomic mass is 32.1. The number of para-hydroxylation sites is 2. The number of aromatic nitrogens is 2. The van der Waals surface area contributed by atoms with Crippen molar-refractivity contribution in [1.29, 1.82) is 10.5 Å². The van der Waals surface area contributed by atoms with E-state index >= 15 is 0 Å². The van der Waals surface area contributed by atoms with Crippen LogP contribution in [0.25, 0.3) is 95.3 Å². The molecule has 0 spiro atoms. The van der Waals surface area contributed by atoms with E-state index in [1.54, 1.807) is 22.7 Å². The second-order valence-electron chi connectivity index (χ2n) is 12.7. The minimum absolute atomic E-state index is 0.359. The molecule has 230 valence electrons. The van der Waals surface area contributed by atoms with Crippen LogP contribution in [-0.4, -0.2) is 9.13 Å². The third kappa shape index (κ3) is 3.56. The van der Waals surface area contributed by atoms with E-state index in [0.29, 0.717) is 22.5 Å². The summed E-state index contributed by atoms with van der Waals surface area (Å²) in [5.41, 5.74) is 6.16. The molecule has 11 aromatic rings. The van der Waals surface area contributed by atoms with E-state index in [9.17, 15) is 10.5 Å². The van der Waals surface area contributed by atoms with Crippen molar-refractivity contribution in [2.45, 2.75) is 0 Å². The molecular weight excluding hydrogens is 649 g/mol. The molecular formula is C44H22N4S2. The lowest BCUT2D eigenvalue weighted by atomic mass is 10.0. The van der Waals surface area contributed by atoms with Crippen molar-refractivity contribution < 1.29 is 0 Å². The molecule has 0 atom stereocenters. The van der Waals surface area contributed by atoms with Crippen molar-refractivity contribution in [3.63, 3.8) is 0 Å². The normalized spacial score (nSPS) is 12.0. The maximum Gasteiger partial charge on any atom is 0.103 e. The van der Waals surface area contributed by atoms with Crippen molar-refractivity contribution in [3.05, 3.63) is 145 Å². The summed E-state index contributed by atoms with van der Waals surface area (Å²) >= 11 is 3.56. The Balaban J connectivity index is 1.22. The van der Waals surface area contributed by atoms with Crippen LogP contribution in [0.3, 0.4) is 0 Å². The number of nitrogens with zero attached hydrogens (tertiary/aromatic N) is 4. The summed E-state index contributed by atoms with van der Waals surface area (Å²) in [4.78, 5) is 0. The molecule has 0 saturated heterocycles. The van der Waals surface area contributed by atoms with Crippen molar-refractivity contribution in [3.8, 4) is 23.5 Å². The summed E-state index contributed by atoms with van der Waals surface area (Å²) in [6.45, 7) is 0. The molecule has 0 radical (unpaired) electrons. The van der Waals surface area contributed by atoms with Gasteiger partial charge in [0.2, 0.25) is 0 Å². The van der Waals surface area contributed by atoms with Gasteiger partial charge in [0.25, 0.3) is 0 Å². The second-order valence-corrected chi connectivity index (χ2v) is 14.9. The number of nitriles is 2. The third-order valence-corrected chi connectivity index (χ3v) is 12.5. The van der Waals surface area contributed by atoms with Gasteiger partial charge < -0.3 is 9.13 Å². The second kappa shape index (κ2) is 10.0. The summed E-state index contributed by atoms with van der Waals surface area (Å²) < 4.78 is 9.22. The fourth-order valence-electron chi connectivity index (χ4n) is 8.07. The Bertz CT molecular complexity index is 3130. The van der Waals surface area contributed by atoms with Crippen molar-refractivity contribution >= 4 is 107 Å². The molecule has 50 heavy (non-hydrogen) atoms. The zero-order valence-electron chi connectivity index (χ0n) is 26.3. The van der Waals surface area contributed by atoms with Gasteiger partial charge in [-0.1, -0.05) is 72.8 Å². The first-order valence-corrected chi connectivity index (χ1v) is 18.0. The zero-order chi connectivity index (χ0) is 33.1. The van der Waals surface area contributed by atoms with E-state index in [1.807, 2.05) is 24.3 Å². The van der Waals surface area contributed by atoms with E-state index in [-0.39, 0.29) is 0 Å². The van der Waals surface area contributed by atoms with E-state index in [2.05, 4.69) is 130 Å². The lowest BCUT2D eigenvalue weighted by molar-refractivity contribution is 1.12. The molecule has 0 unspecified atom stereocenters. The Morgan fingerprint density at radius 1 is 0.360 bits per heavy atom. The molecule has 7 aromatic carbocycles. The first-order chi connectivity index (χ1) is 24.7. The standard InChI is InChI=1S/C44H22N4S2/c45-23-33-34(24-46)38(48-36-14-6-2-10-26(36)30-20-32-28-12-4-8-16-42(28)50-44(32)22-40(30)48)18-17-37(33)47-35-13-5-1-9-25(35)29-19-31-27-11-3-7-15-41(27)49-43(31)21-39(29)47/h1-22H. The molecule has 0 bridgehead atoms. The number of hydrogen-bond acceptors (Lipinski definition) is 4. The summed E-state index contributed by atoms with van der Waals surface area (Å²) in [5.74, 6) is 0. The average molecular weight is 671 g/mol. The number of hydrogen-bond donors (Lipinski definition) is 0. The maximum absolute atomic E-state index is 10.9. The van der Waals surface area contributed by atoms with Gasteiger partial charge >= 0.3 is 0 Å². The SMILES string of the molecule is N#Cc1c(-n2c3ccccc3c3cc4c(cc32)sc2ccccc24)ccc(-n2c3ccccc3c3cc4c(cc32)sc2ccccc24)c1C#N. The Hall–Kier alpha value is -6.44. The first kappa shape index (κ1) is 27.5.